The van der Waals surface area contributed by atoms with Gasteiger partial charge in [0.1, 0.15) is 23.5 Å². The molecule has 0 fully saturated rings. The van der Waals surface area contributed by atoms with Gasteiger partial charge in [0.05, 0.1) is 23.4 Å². The fourth-order valence-corrected chi connectivity index (χ4v) is 3.57. The molecule has 0 aliphatic rings. The Morgan fingerprint density at radius 1 is 1.15 bits per heavy atom. The van der Waals surface area contributed by atoms with Gasteiger partial charge >= 0.3 is 0 Å². The van der Waals surface area contributed by atoms with E-state index in [1.165, 1.54) is 5.56 Å². The summed E-state index contributed by atoms with van der Waals surface area (Å²) in [5, 5.41) is 6.50. The van der Waals surface area contributed by atoms with Crippen molar-refractivity contribution in [1.29, 1.82) is 0 Å². The smallest absolute Gasteiger partial charge is 0.134 e. The molecule has 3 aromatic heterocycles. The maximum absolute atomic E-state index is 5.52. The highest BCUT2D eigenvalue weighted by molar-refractivity contribution is 7.13. The SMILES string of the molecule is CCOc1csc(-c2cc(NCCc3ccc4ccoc4c3)ncn2)c1. The second kappa shape index (κ2) is 7.58. The fraction of sp³-hybridized carbons (Fsp3) is 0.200. The van der Waals surface area contributed by atoms with Crippen molar-refractivity contribution in [1.82, 2.24) is 9.97 Å². The Kier molecular flexibility index (Phi) is 4.84. The normalized spacial score (nSPS) is 11.0. The third kappa shape index (κ3) is 3.70. The number of nitrogens with zero attached hydrogens (tertiary/aromatic N) is 2. The highest BCUT2D eigenvalue weighted by atomic mass is 32.1. The minimum Gasteiger partial charge on any atom is -0.493 e. The summed E-state index contributed by atoms with van der Waals surface area (Å²) >= 11 is 1.62. The van der Waals surface area contributed by atoms with Crippen molar-refractivity contribution < 1.29 is 9.15 Å². The van der Waals surface area contributed by atoms with Gasteiger partial charge < -0.3 is 14.5 Å². The predicted molar refractivity (Wildman–Crippen MR) is 105 cm³/mol. The molecule has 4 rings (SSSR count). The molecule has 1 N–H and O–H groups in total. The first-order valence-electron chi connectivity index (χ1n) is 8.55. The number of hydrogen-bond donors (Lipinski definition) is 1. The number of rotatable bonds is 7. The van der Waals surface area contributed by atoms with Crippen LogP contribution in [0.5, 0.6) is 5.75 Å². The van der Waals surface area contributed by atoms with Gasteiger partial charge in [-0.1, -0.05) is 12.1 Å². The van der Waals surface area contributed by atoms with Gasteiger partial charge in [-0.25, -0.2) is 9.97 Å². The van der Waals surface area contributed by atoms with E-state index in [0.29, 0.717) is 6.61 Å². The summed E-state index contributed by atoms with van der Waals surface area (Å²) in [6.45, 7) is 3.43. The molecule has 0 aliphatic carbocycles. The molecule has 132 valence electrons. The van der Waals surface area contributed by atoms with Crippen molar-refractivity contribution in [2.45, 2.75) is 13.3 Å². The summed E-state index contributed by atoms with van der Waals surface area (Å²) in [5.74, 6) is 1.70. The number of furan rings is 1. The van der Waals surface area contributed by atoms with Gasteiger partial charge in [0.25, 0.3) is 0 Å². The van der Waals surface area contributed by atoms with E-state index >= 15 is 0 Å². The van der Waals surface area contributed by atoms with Crippen LogP contribution in [0.15, 0.2) is 58.8 Å². The predicted octanol–water partition coefficient (Wildman–Crippen LogP) is 5.00. The topological polar surface area (TPSA) is 60.2 Å². The Hall–Kier alpha value is -2.86. The first-order valence-corrected chi connectivity index (χ1v) is 9.43. The van der Waals surface area contributed by atoms with Crippen molar-refractivity contribution in [3.63, 3.8) is 0 Å². The van der Waals surface area contributed by atoms with Crippen LogP contribution in [0.25, 0.3) is 21.5 Å². The quantitative estimate of drug-likeness (QED) is 0.499. The largest absolute Gasteiger partial charge is 0.493 e. The van der Waals surface area contributed by atoms with Crippen LogP contribution in [-0.4, -0.2) is 23.1 Å². The molecule has 0 atom stereocenters. The summed E-state index contributed by atoms with van der Waals surface area (Å²) in [5.41, 5.74) is 3.05. The van der Waals surface area contributed by atoms with E-state index in [1.807, 2.05) is 30.5 Å². The number of aromatic nitrogens is 2. The number of anilines is 1. The molecule has 0 bridgehead atoms. The molecule has 26 heavy (non-hydrogen) atoms. The maximum Gasteiger partial charge on any atom is 0.134 e. The highest BCUT2D eigenvalue weighted by Gasteiger charge is 2.06. The molecule has 0 spiro atoms. The van der Waals surface area contributed by atoms with Crippen LogP contribution in [0.3, 0.4) is 0 Å². The van der Waals surface area contributed by atoms with Gasteiger partial charge in [0.15, 0.2) is 0 Å². The van der Waals surface area contributed by atoms with E-state index in [1.54, 1.807) is 23.9 Å². The summed E-state index contributed by atoms with van der Waals surface area (Å²) in [6, 6.07) is 12.3. The number of nitrogens with one attached hydrogen (secondary N) is 1. The van der Waals surface area contributed by atoms with Gasteiger partial charge in [0, 0.05) is 29.4 Å². The Morgan fingerprint density at radius 3 is 3.04 bits per heavy atom. The van der Waals surface area contributed by atoms with Gasteiger partial charge in [0.2, 0.25) is 0 Å². The third-order valence-electron chi connectivity index (χ3n) is 4.05. The molecule has 5 nitrogen and oxygen atoms in total. The lowest BCUT2D eigenvalue weighted by atomic mass is 10.1. The zero-order valence-corrected chi connectivity index (χ0v) is 15.3. The van der Waals surface area contributed by atoms with E-state index in [0.717, 1.165) is 46.1 Å². The number of ether oxygens (including phenoxy) is 1. The summed E-state index contributed by atoms with van der Waals surface area (Å²) < 4.78 is 11.0. The maximum atomic E-state index is 5.52. The van der Waals surface area contributed by atoms with Crippen molar-refractivity contribution in [2.75, 3.05) is 18.5 Å². The molecule has 0 radical (unpaired) electrons. The lowest BCUT2D eigenvalue weighted by molar-refractivity contribution is 0.342. The zero-order chi connectivity index (χ0) is 17.8. The van der Waals surface area contributed by atoms with Gasteiger partial charge in [-0.15, -0.1) is 11.3 Å². The standard InChI is InChI=1S/C20H19N3O2S/c1-2-24-16-10-19(26-12-16)17-11-20(23-13-22-17)21-7-5-14-3-4-15-6-8-25-18(15)9-14/h3-4,6,8-13H,2,5,7H2,1H3,(H,21,22,23). The van der Waals surface area contributed by atoms with Gasteiger partial charge in [-0.2, -0.15) is 0 Å². The average molecular weight is 365 g/mol. The number of fused-ring (bicyclic) bond motifs is 1. The van der Waals surface area contributed by atoms with Crippen molar-refractivity contribution >= 4 is 28.1 Å². The van der Waals surface area contributed by atoms with Crippen LogP contribution in [0.2, 0.25) is 0 Å². The van der Waals surface area contributed by atoms with Crippen LogP contribution >= 0.6 is 11.3 Å². The van der Waals surface area contributed by atoms with E-state index in [4.69, 9.17) is 9.15 Å². The lowest BCUT2D eigenvalue weighted by Gasteiger charge is -2.06. The monoisotopic (exact) mass is 365 g/mol. The first kappa shape index (κ1) is 16.6. The van der Waals surface area contributed by atoms with E-state index in [-0.39, 0.29) is 0 Å². The molecule has 4 aromatic rings. The average Bonchev–Trinajstić information content (AvgIpc) is 3.31. The van der Waals surface area contributed by atoms with Crippen molar-refractivity contribution in [2.24, 2.45) is 0 Å². The van der Waals surface area contributed by atoms with E-state index < -0.39 is 0 Å². The number of benzene rings is 1. The number of thiophene rings is 1. The molecule has 0 aliphatic heterocycles. The Morgan fingerprint density at radius 2 is 2.12 bits per heavy atom. The second-order valence-corrected chi connectivity index (χ2v) is 6.75. The molecule has 0 saturated heterocycles. The van der Waals surface area contributed by atoms with Crippen LogP contribution < -0.4 is 10.1 Å². The Labute approximate surface area is 155 Å². The first-order chi connectivity index (χ1) is 12.8. The highest BCUT2D eigenvalue weighted by Crippen LogP contribution is 2.30. The van der Waals surface area contributed by atoms with Crippen LogP contribution in [-0.2, 0) is 6.42 Å². The van der Waals surface area contributed by atoms with Crippen LogP contribution in [0.1, 0.15) is 12.5 Å². The van der Waals surface area contributed by atoms with Crippen molar-refractivity contribution in [3.8, 4) is 16.3 Å². The second-order valence-electron chi connectivity index (χ2n) is 5.84. The minimum absolute atomic E-state index is 0.663. The van der Waals surface area contributed by atoms with E-state index in [9.17, 15) is 0 Å². The molecule has 1 aromatic carbocycles. The Balaban J connectivity index is 1.40. The number of hydrogen-bond acceptors (Lipinski definition) is 6. The van der Waals surface area contributed by atoms with Crippen LogP contribution in [0, 0.1) is 0 Å². The summed E-state index contributed by atoms with van der Waals surface area (Å²) in [4.78, 5) is 9.75. The summed E-state index contributed by atoms with van der Waals surface area (Å²) in [6.07, 6.45) is 4.20. The molecule has 0 saturated carbocycles. The summed E-state index contributed by atoms with van der Waals surface area (Å²) in [7, 11) is 0. The van der Waals surface area contributed by atoms with Gasteiger partial charge in [-0.05, 0) is 31.0 Å². The molecule has 6 heteroatoms. The molecule has 0 unspecified atom stereocenters. The lowest BCUT2D eigenvalue weighted by Crippen LogP contribution is -2.06. The van der Waals surface area contributed by atoms with Crippen LogP contribution in [0.4, 0.5) is 5.82 Å². The van der Waals surface area contributed by atoms with Gasteiger partial charge in [-0.3, -0.25) is 0 Å². The molecule has 0 amide bonds. The van der Waals surface area contributed by atoms with Crippen molar-refractivity contribution in [3.05, 3.63) is 59.9 Å². The molecular formula is C20H19N3O2S. The third-order valence-corrected chi connectivity index (χ3v) is 4.98. The minimum atomic E-state index is 0.663. The zero-order valence-electron chi connectivity index (χ0n) is 14.4. The molecular weight excluding hydrogens is 346 g/mol. The molecule has 3 heterocycles. The van der Waals surface area contributed by atoms with E-state index in [2.05, 4.69) is 33.5 Å². The Bertz CT molecular complexity index is 1010. The fourth-order valence-electron chi connectivity index (χ4n) is 2.77.